The number of rotatable bonds is 3. The van der Waals surface area contributed by atoms with Gasteiger partial charge in [0.25, 0.3) is 5.56 Å². The van der Waals surface area contributed by atoms with Crippen LogP contribution in [0.2, 0.25) is 0 Å². The summed E-state index contributed by atoms with van der Waals surface area (Å²) in [7, 11) is 0. The third-order valence-electron chi connectivity index (χ3n) is 4.57. The maximum Gasteiger partial charge on any atom is 0.261 e. The van der Waals surface area contributed by atoms with Gasteiger partial charge in [-0.2, -0.15) is 0 Å². The zero-order valence-corrected chi connectivity index (χ0v) is 14.5. The molecule has 1 aliphatic rings. The van der Waals surface area contributed by atoms with E-state index in [1.54, 1.807) is 22.4 Å². The van der Waals surface area contributed by atoms with Crippen LogP contribution in [0.1, 0.15) is 40.4 Å². The molecule has 1 aliphatic heterocycles. The van der Waals surface area contributed by atoms with Gasteiger partial charge in [-0.1, -0.05) is 31.2 Å². The summed E-state index contributed by atoms with van der Waals surface area (Å²) >= 11 is 1.56. The van der Waals surface area contributed by atoms with E-state index in [9.17, 15) is 9.59 Å². The highest BCUT2D eigenvalue weighted by Gasteiger charge is 2.27. The Balaban J connectivity index is 2.19. The summed E-state index contributed by atoms with van der Waals surface area (Å²) in [6.45, 7) is 2.60. The fourth-order valence-corrected chi connectivity index (χ4v) is 4.14. The van der Waals surface area contributed by atoms with Gasteiger partial charge in [0.05, 0.1) is 5.56 Å². The Morgan fingerprint density at radius 1 is 1.33 bits per heavy atom. The van der Waals surface area contributed by atoms with Crippen molar-refractivity contribution in [3.63, 3.8) is 0 Å². The number of carbonyl (C=O) groups is 1. The van der Waals surface area contributed by atoms with Crippen LogP contribution in [0.3, 0.4) is 0 Å². The molecule has 0 saturated heterocycles. The Hall–Kier alpha value is -2.27. The first kappa shape index (κ1) is 16.6. The Labute approximate surface area is 145 Å². The van der Waals surface area contributed by atoms with Crippen LogP contribution in [0.25, 0.3) is 0 Å². The summed E-state index contributed by atoms with van der Waals surface area (Å²) in [5.74, 6) is 0.232. The standard InChI is InChI=1S/C19H20N2O2S/c1-12-16(13-5-3-6-15(20)9-13)7-4-8-21-18(12)17(24-2)10-14(11-22)19(21)23/h3-7,9-12,16H,8,20H2,1-2H3/t12-,16-/m0/s1. The average molecular weight is 340 g/mol. The van der Waals surface area contributed by atoms with Crippen molar-refractivity contribution in [2.24, 2.45) is 0 Å². The van der Waals surface area contributed by atoms with Gasteiger partial charge in [-0.15, -0.1) is 11.8 Å². The Morgan fingerprint density at radius 2 is 2.12 bits per heavy atom. The van der Waals surface area contributed by atoms with Crippen molar-refractivity contribution in [2.75, 3.05) is 12.0 Å². The van der Waals surface area contributed by atoms with Crippen molar-refractivity contribution >= 4 is 23.7 Å². The highest BCUT2D eigenvalue weighted by atomic mass is 32.2. The molecule has 0 fully saturated rings. The minimum atomic E-state index is -0.220. The number of nitrogens with zero attached hydrogens (tertiary/aromatic N) is 1. The van der Waals surface area contributed by atoms with Crippen LogP contribution >= 0.6 is 11.8 Å². The first-order chi connectivity index (χ1) is 11.6. The molecule has 3 rings (SSSR count). The van der Waals surface area contributed by atoms with E-state index < -0.39 is 0 Å². The van der Waals surface area contributed by atoms with Gasteiger partial charge < -0.3 is 10.3 Å². The average Bonchev–Trinajstić information content (AvgIpc) is 2.75. The van der Waals surface area contributed by atoms with Crippen molar-refractivity contribution < 1.29 is 4.79 Å². The molecule has 0 aliphatic carbocycles. The molecule has 24 heavy (non-hydrogen) atoms. The van der Waals surface area contributed by atoms with Crippen molar-refractivity contribution in [1.82, 2.24) is 4.57 Å². The minimum Gasteiger partial charge on any atom is -0.399 e. The summed E-state index contributed by atoms with van der Waals surface area (Å²) in [6, 6.07) is 9.58. The zero-order valence-electron chi connectivity index (χ0n) is 13.7. The number of aromatic nitrogens is 1. The molecule has 1 aromatic carbocycles. The summed E-state index contributed by atoms with van der Waals surface area (Å²) in [5, 5.41) is 0. The zero-order chi connectivity index (χ0) is 17.3. The number of allylic oxidation sites excluding steroid dienone is 2. The number of hydrogen-bond acceptors (Lipinski definition) is 4. The second kappa shape index (κ2) is 6.69. The number of carbonyl (C=O) groups excluding carboxylic acids is 1. The van der Waals surface area contributed by atoms with Crippen LogP contribution in [0.5, 0.6) is 0 Å². The van der Waals surface area contributed by atoms with Crippen LogP contribution < -0.4 is 11.3 Å². The van der Waals surface area contributed by atoms with E-state index in [-0.39, 0.29) is 23.0 Å². The second-order valence-electron chi connectivity index (χ2n) is 6.00. The van der Waals surface area contributed by atoms with Gasteiger partial charge in [-0.25, -0.2) is 0 Å². The number of aldehydes is 1. The first-order valence-electron chi connectivity index (χ1n) is 7.85. The van der Waals surface area contributed by atoms with Crippen LogP contribution in [0, 0.1) is 0 Å². The molecule has 2 aromatic rings. The number of hydrogen-bond donors (Lipinski definition) is 1. The van der Waals surface area contributed by atoms with Crippen molar-refractivity contribution in [3.8, 4) is 0 Å². The molecule has 4 nitrogen and oxygen atoms in total. The quantitative estimate of drug-likeness (QED) is 0.402. The lowest BCUT2D eigenvalue weighted by Crippen LogP contribution is -2.28. The largest absolute Gasteiger partial charge is 0.399 e. The normalized spacial score (nSPS) is 19.6. The van der Waals surface area contributed by atoms with Gasteiger partial charge >= 0.3 is 0 Å². The minimum absolute atomic E-state index is 0.0985. The molecular formula is C19H20N2O2S. The Kier molecular flexibility index (Phi) is 4.62. The lowest BCUT2D eigenvalue weighted by Gasteiger charge is -2.25. The van der Waals surface area contributed by atoms with Gasteiger partial charge in [0.1, 0.15) is 0 Å². The maximum atomic E-state index is 12.6. The summed E-state index contributed by atoms with van der Waals surface area (Å²) < 4.78 is 1.73. The van der Waals surface area contributed by atoms with Crippen LogP contribution in [0.4, 0.5) is 5.69 Å². The van der Waals surface area contributed by atoms with Crippen LogP contribution in [-0.2, 0) is 6.54 Å². The Bertz CT molecular complexity index is 870. The van der Waals surface area contributed by atoms with Gasteiger partial charge in [0, 0.05) is 34.7 Å². The lowest BCUT2D eigenvalue weighted by atomic mass is 9.84. The third kappa shape index (κ3) is 2.80. The molecule has 2 heterocycles. The molecule has 0 amide bonds. The highest BCUT2D eigenvalue weighted by molar-refractivity contribution is 7.98. The molecule has 5 heteroatoms. The van der Waals surface area contributed by atoms with Crippen molar-refractivity contribution in [3.05, 3.63) is 69.7 Å². The number of nitrogens with two attached hydrogens (primary N) is 1. The molecule has 2 N–H and O–H groups in total. The monoisotopic (exact) mass is 340 g/mol. The molecule has 124 valence electrons. The number of nitrogen functional groups attached to an aromatic ring is 1. The Morgan fingerprint density at radius 3 is 2.79 bits per heavy atom. The van der Waals surface area contributed by atoms with Gasteiger partial charge in [-0.3, -0.25) is 9.59 Å². The highest BCUT2D eigenvalue weighted by Crippen LogP contribution is 2.39. The fourth-order valence-electron chi connectivity index (χ4n) is 3.39. The topological polar surface area (TPSA) is 65.1 Å². The second-order valence-corrected chi connectivity index (χ2v) is 6.85. The number of pyridine rings is 1. The molecule has 0 saturated carbocycles. The van der Waals surface area contributed by atoms with Gasteiger partial charge in [0.2, 0.25) is 0 Å². The van der Waals surface area contributed by atoms with Gasteiger partial charge in [0.15, 0.2) is 6.29 Å². The number of benzene rings is 1. The predicted octanol–water partition coefficient (Wildman–Crippen LogP) is 3.42. The van der Waals surface area contributed by atoms with E-state index in [1.165, 1.54) is 0 Å². The summed E-state index contributed by atoms with van der Waals surface area (Å²) in [5.41, 5.74) is 8.78. The van der Waals surface area contributed by atoms with E-state index in [2.05, 4.69) is 19.1 Å². The molecule has 0 bridgehead atoms. The van der Waals surface area contributed by atoms with E-state index in [0.29, 0.717) is 12.8 Å². The maximum absolute atomic E-state index is 12.6. The molecule has 0 unspecified atom stereocenters. The summed E-state index contributed by atoms with van der Waals surface area (Å²) in [4.78, 5) is 24.8. The molecule has 2 atom stereocenters. The van der Waals surface area contributed by atoms with E-state index in [4.69, 9.17) is 5.73 Å². The van der Waals surface area contributed by atoms with Crippen molar-refractivity contribution in [2.45, 2.75) is 30.2 Å². The molecule has 0 spiro atoms. The fraction of sp³-hybridized carbons (Fsp3) is 0.263. The van der Waals surface area contributed by atoms with E-state index in [0.717, 1.165) is 21.8 Å². The van der Waals surface area contributed by atoms with E-state index in [1.807, 2.05) is 30.5 Å². The third-order valence-corrected chi connectivity index (χ3v) is 5.33. The van der Waals surface area contributed by atoms with Crippen LogP contribution in [0.15, 0.2) is 52.2 Å². The number of fused-ring (bicyclic) bond motifs is 1. The summed E-state index contributed by atoms with van der Waals surface area (Å²) in [6.07, 6.45) is 6.75. The van der Waals surface area contributed by atoms with Crippen molar-refractivity contribution in [1.29, 1.82) is 0 Å². The number of anilines is 1. The lowest BCUT2D eigenvalue weighted by molar-refractivity contribution is 0.112. The molecular weight excluding hydrogens is 320 g/mol. The smallest absolute Gasteiger partial charge is 0.261 e. The molecule has 1 aromatic heterocycles. The van der Waals surface area contributed by atoms with Gasteiger partial charge in [-0.05, 0) is 30.0 Å². The van der Waals surface area contributed by atoms with Crippen LogP contribution in [-0.4, -0.2) is 17.1 Å². The first-order valence-corrected chi connectivity index (χ1v) is 9.08. The van der Waals surface area contributed by atoms with E-state index >= 15 is 0 Å². The number of thioether (sulfide) groups is 1. The molecule has 0 radical (unpaired) electrons. The SMILES string of the molecule is CSc1cc(C=O)c(=O)n2c1[C@@H](C)[C@@H](c1cccc(N)c1)C=CC2. The predicted molar refractivity (Wildman–Crippen MR) is 99.0 cm³/mol.